The Hall–Kier alpha value is -0.710. The number of nitrogens with zero attached hydrogens (tertiary/aromatic N) is 3. The van der Waals surface area contributed by atoms with E-state index in [1.807, 2.05) is 0 Å². The molecule has 0 amide bonds. The minimum absolute atomic E-state index is 0.571. The Kier molecular flexibility index (Phi) is 8.15. The highest BCUT2D eigenvalue weighted by atomic mass is 35.5. The third-order valence-corrected chi connectivity index (χ3v) is 3.73. The Morgan fingerprint density at radius 2 is 1.86 bits per heavy atom. The molecule has 1 heterocycles. The van der Waals surface area contributed by atoms with Gasteiger partial charge in [0.2, 0.25) is 0 Å². The van der Waals surface area contributed by atoms with E-state index >= 15 is 0 Å². The minimum Gasteiger partial charge on any atom is -0.369 e. The van der Waals surface area contributed by atoms with Crippen LogP contribution in [0.5, 0.6) is 0 Å². The van der Waals surface area contributed by atoms with E-state index in [9.17, 15) is 0 Å². The van der Waals surface area contributed by atoms with Crippen LogP contribution in [0.3, 0.4) is 0 Å². The molecule has 4 nitrogen and oxygen atoms in total. The second-order valence-electron chi connectivity index (χ2n) is 5.29. The van der Waals surface area contributed by atoms with Crippen molar-refractivity contribution < 1.29 is 0 Å². The van der Waals surface area contributed by atoms with Crippen LogP contribution < -0.4 is 10.2 Å². The molecule has 0 aliphatic rings. The first-order valence-electron chi connectivity index (χ1n) is 7.49. The molecule has 6 heteroatoms. The summed E-state index contributed by atoms with van der Waals surface area (Å²) in [4.78, 5) is 8.99. The summed E-state index contributed by atoms with van der Waals surface area (Å²) >= 11 is 12.5. The van der Waals surface area contributed by atoms with E-state index in [1.54, 1.807) is 6.07 Å². The zero-order valence-corrected chi connectivity index (χ0v) is 14.9. The van der Waals surface area contributed by atoms with Gasteiger partial charge in [-0.3, -0.25) is 0 Å². The molecule has 1 aromatic rings. The van der Waals surface area contributed by atoms with Crippen molar-refractivity contribution in [2.75, 3.05) is 50.5 Å². The predicted octanol–water partition coefficient (Wildman–Crippen LogP) is 3.99. The van der Waals surface area contributed by atoms with Gasteiger partial charge in [-0.25, -0.2) is 4.98 Å². The molecule has 0 aliphatic heterocycles. The molecule has 21 heavy (non-hydrogen) atoms. The molecule has 1 aromatic heterocycles. The summed E-state index contributed by atoms with van der Waals surface area (Å²) in [6, 6.07) is 1.78. The number of hydrogen-bond donors (Lipinski definition) is 1. The first-order chi connectivity index (χ1) is 9.99. The lowest BCUT2D eigenvalue weighted by atomic mass is 10.3. The molecule has 0 aliphatic carbocycles. The molecule has 1 N–H and O–H groups in total. The molecule has 0 fully saturated rings. The normalized spacial score (nSPS) is 11.0. The molecule has 0 bridgehead atoms. The highest BCUT2D eigenvalue weighted by Gasteiger charge is 2.14. The summed E-state index contributed by atoms with van der Waals surface area (Å²) in [5.74, 6) is 1.52. The maximum atomic E-state index is 6.32. The third-order valence-electron chi connectivity index (χ3n) is 3.17. The van der Waals surface area contributed by atoms with Crippen molar-refractivity contribution in [2.24, 2.45) is 0 Å². The van der Waals surface area contributed by atoms with Gasteiger partial charge in [0, 0.05) is 19.6 Å². The number of pyridine rings is 1. The Morgan fingerprint density at radius 1 is 1.14 bits per heavy atom. The molecule has 0 saturated carbocycles. The van der Waals surface area contributed by atoms with Crippen molar-refractivity contribution in [2.45, 2.75) is 26.7 Å². The Balaban J connectivity index is 2.86. The topological polar surface area (TPSA) is 31.4 Å². The second kappa shape index (κ2) is 9.34. The largest absolute Gasteiger partial charge is 0.369 e. The molecule has 120 valence electrons. The highest BCUT2D eigenvalue weighted by Crippen LogP contribution is 2.31. The lowest BCUT2D eigenvalue weighted by molar-refractivity contribution is 0.400. The maximum absolute atomic E-state index is 6.32. The van der Waals surface area contributed by atoms with Crippen LogP contribution in [0.1, 0.15) is 26.7 Å². The summed E-state index contributed by atoms with van der Waals surface area (Å²) in [5, 5.41) is 4.42. The number of rotatable bonds is 9. The summed E-state index contributed by atoms with van der Waals surface area (Å²) in [5.41, 5.74) is 0. The Morgan fingerprint density at radius 3 is 2.43 bits per heavy atom. The SMILES string of the molecule is CCCNc1nc(N(CC)CCCN(C)C)c(Cl)cc1Cl. The van der Waals surface area contributed by atoms with E-state index in [-0.39, 0.29) is 0 Å². The molecule has 0 radical (unpaired) electrons. The Labute approximate surface area is 138 Å². The van der Waals surface area contributed by atoms with Crippen LogP contribution in [-0.4, -0.2) is 50.2 Å². The fourth-order valence-corrected chi connectivity index (χ4v) is 2.58. The van der Waals surface area contributed by atoms with Crippen LogP contribution in [0.2, 0.25) is 10.0 Å². The van der Waals surface area contributed by atoms with E-state index in [0.717, 1.165) is 44.8 Å². The van der Waals surface area contributed by atoms with Crippen molar-refractivity contribution in [1.29, 1.82) is 0 Å². The van der Waals surface area contributed by atoms with Gasteiger partial charge in [-0.1, -0.05) is 30.1 Å². The van der Waals surface area contributed by atoms with Crippen molar-refractivity contribution in [1.82, 2.24) is 9.88 Å². The predicted molar refractivity (Wildman–Crippen MR) is 94.1 cm³/mol. The van der Waals surface area contributed by atoms with Gasteiger partial charge in [0.15, 0.2) is 0 Å². The zero-order valence-electron chi connectivity index (χ0n) is 13.4. The third kappa shape index (κ3) is 5.89. The van der Waals surface area contributed by atoms with Crippen LogP contribution in [0.4, 0.5) is 11.6 Å². The highest BCUT2D eigenvalue weighted by molar-refractivity contribution is 6.37. The standard InChI is InChI=1S/C15H26Cl2N4/c1-5-8-18-14-12(16)11-13(17)15(19-14)21(6-2)10-7-9-20(3)4/h11H,5-10H2,1-4H3,(H,18,19). The average molecular weight is 333 g/mol. The van der Waals surface area contributed by atoms with Gasteiger partial charge in [0.05, 0.1) is 10.0 Å². The van der Waals surface area contributed by atoms with E-state index in [2.05, 4.69) is 48.0 Å². The average Bonchev–Trinajstić information content (AvgIpc) is 2.43. The van der Waals surface area contributed by atoms with Crippen molar-refractivity contribution in [3.63, 3.8) is 0 Å². The maximum Gasteiger partial charge on any atom is 0.149 e. The van der Waals surface area contributed by atoms with Gasteiger partial charge in [0.1, 0.15) is 11.6 Å². The van der Waals surface area contributed by atoms with Gasteiger partial charge < -0.3 is 15.1 Å². The van der Waals surface area contributed by atoms with Gasteiger partial charge >= 0.3 is 0 Å². The van der Waals surface area contributed by atoms with Gasteiger partial charge in [-0.05, 0) is 46.5 Å². The van der Waals surface area contributed by atoms with E-state index in [4.69, 9.17) is 23.2 Å². The van der Waals surface area contributed by atoms with Crippen molar-refractivity contribution in [3.8, 4) is 0 Å². The van der Waals surface area contributed by atoms with Crippen molar-refractivity contribution >= 4 is 34.8 Å². The van der Waals surface area contributed by atoms with E-state index in [0.29, 0.717) is 15.9 Å². The number of halogens is 2. The van der Waals surface area contributed by atoms with Gasteiger partial charge in [-0.2, -0.15) is 0 Å². The minimum atomic E-state index is 0.571. The molecular formula is C15H26Cl2N4. The van der Waals surface area contributed by atoms with Crippen LogP contribution in [-0.2, 0) is 0 Å². The summed E-state index contributed by atoms with van der Waals surface area (Å²) in [7, 11) is 4.16. The van der Waals surface area contributed by atoms with Gasteiger partial charge in [0.25, 0.3) is 0 Å². The molecule has 0 atom stereocenters. The first kappa shape index (κ1) is 18.3. The second-order valence-corrected chi connectivity index (χ2v) is 6.10. The van der Waals surface area contributed by atoms with Crippen molar-refractivity contribution in [3.05, 3.63) is 16.1 Å². The number of anilines is 2. The fraction of sp³-hybridized carbons (Fsp3) is 0.667. The molecule has 0 unspecified atom stereocenters. The lowest BCUT2D eigenvalue weighted by Crippen LogP contribution is -2.28. The van der Waals surface area contributed by atoms with E-state index in [1.165, 1.54) is 0 Å². The fourth-order valence-electron chi connectivity index (χ4n) is 2.04. The first-order valence-corrected chi connectivity index (χ1v) is 8.24. The lowest BCUT2D eigenvalue weighted by Gasteiger charge is -2.24. The summed E-state index contributed by atoms with van der Waals surface area (Å²) in [6.07, 6.45) is 2.09. The zero-order chi connectivity index (χ0) is 15.8. The number of nitrogens with one attached hydrogen (secondary N) is 1. The monoisotopic (exact) mass is 332 g/mol. The molecule has 0 saturated heterocycles. The summed E-state index contributed by atoms with van der Waals surface area (Å²) in [6.45, 7) is 7.91. The smallest absolute Gasteiger partial charge is 0.149 e. The van der Waals surface area contributed by atoms with E-state index < -0.39 is 0 Å². The Bertz CT molecular complexity index is 438. The summed E-state index contributed by atoms with van der Waals surface area (Å²) < 4.78 is 0. The molecule has 0 aromatic carbocycles. The molecule has 0 spiro atoms. The van der Waals surface area contributed by atoms with Crippen LogP contribution in [0.25, 0.3) is 0 Å². The number of aromatic nitrogens is 1. The number of hydrogen-bond acceptors (Lipinski definition) is 4. The van der Waals surface area contributed by atoms with Crippen LogP contribution >= 0.6 is 23.2 Å². The molecule has 1 rings (SSSR count). The molecular weight excluding hydrogens is 307 g/mol. The van der Waals surface area contributed by atoms with Gasteiger partial charge in [-0.15, -0.1) is 0 Å². The van der Waals surface area contributed by atoms with Crippen LogP contribution in [0, 0.1) is 0 Å². The quantitative estimate of drug-likeness (QED) is 0.740. The van der Waals surface area contributed by atoms with Crippen LogP contribution in [0.15, 0.2) is 6.07 Å².